The Morgan fingerprint density at radius 1 is 1.45 bits per heavy atom. The van der Waals surface area contributed by atoms with Crippen LogP contribution in [0, 0.1) is 5.92 Å². The molecule has 0 aromatic carbocycles. The van der Waals surface area contributed by atoms with Crippen molar-refractivity contribution in [3.63, 3.8) is 0 Å². The topological polar surface area (TPSA) is 63.3 Å². The quantitative estimate of drug-likeness (QED) is 0.659. The highest BCUT2D eigenvalue weighted by atomic mass is 16.4. The Morgan fingerprint density at radius 2 is 1.82 bits per heavy atom. The molecule has 0 radical (unpaired) electrons. The second kappa shape index (κ2) is 9.43. The minimum Gasteiger partial charge on any atom is -0.481 e. The summed E-state index contributed by atoms with van der Waals surface area (Å²) in [6.07, 6.45) is 0.770. The summed E-state index contributed by atoms with van der Waals surface area (Å²) in [4.78, 5) is 9.70. The minimum atomic E-state index is -0.773. The fraction of sp³-hybridized carbons (Fsp3) is 0.875. The van der Waals surface area contributed by atoms with E-state index in [1.54, 1.807) is 0 Å². The first kappa shape index (κ1) is 13.1. The van der Waals surface area contributed by atoms with E-state index in [1.807, 2.05) is 0 Å². The molecule has 0 aliphatic heterocycles. The molecular formula is C8H19NO2. The molecule has 0 spiro atoms. The zero-order valence-corrected chi connectivity index (χ0v) is 7.63. The van der Waals surface area contributed by atoms with E-state index in [2.05, 4.69) is 20.8 Å². The third-order valence-electron chi connectivity index (χ3n) is 0.595. The van der Waals surface area contributed by atoms with Crippen LogP contribution in [0.25, 0.3) is 0 Å². The second-order valence-electron chi connectivity index (χ2n) is 3.02. The second-order valence-corrected chi connectivity index (χ2v) is 3.02. The van der Waals surface area contributed by atoms with E-state index in [-0.39, 0.29) is 6.42 Å². The van der Waals surface area contributed by atoms with Gasteiger partial charge in [0.05, 0.1) is 0 Å². The summed E-state index contributed by atoms with van der Waals surface area (Å²) in [6.45, 7) is 6.96. The lowest BCUT2D eigenvalue weighted by Gasteiger charge is -1.86. The van der Waals surface area contributed by atoms with E-state index in [4.69, 9.17) is 10.8 Å². The summed E-state index contributed by atoms with van der Waals surface area (Å²) in [6, 6.07) is 0. The summed E-state index contributed by atoms with van der Waals surface area (Å²) in [5.74, 6) is 0.0606. The van der Waals surface area contributed by atoms with E-state index in [1.165, 1.54) is 0 Å². The van der Waals surface area contributed by atoms with Gasteiger partial charge in [0.15, 0.2) is 0 Å². The molecule has 0 aliphatic rings. The third kappa shape index (κ3) is 44.2. The van der Waals surface area contributed by atoms with Crippen LogP contribution in [-0.2, 0) is 4.79 Å². The summed E-state index contributed by atoms with van der Waals surface area (Å²) in [7, 11) is 0. The molecular weight excluding hydrogens is 142 g/mol. The molecule has 0 saturated heterocycles. The van der Waals surface area contributed by atoms with Crippen LogP contribution in [0.15, 0.2) is 0 Å². The van der Waals surface area contributed by atoms with Crippen molar-refractivity contribution in [2.45, 2.75) is 33.6 Å². The SMILES string of the molecule is CC(C)C.NCCCC(=O)O. The maximum atomic E-state index is 9.70. The first-order valence-electron chi connectivity index (χ1n) is 3.92. The number of aliphatic carboxylic acids is 1. The predicted molar refractivity (Wildman–Crippen MR) is 46.4 cm³/mol. The molecule has 0 unspecified atom stereocenters. The summed E-state index contributed by atoms with van der Waals surface area (Å²) >= 11 is 0. The number of rotatable bonds is 3. The van der Waals surface area contributed by atoms with Crippen LogP contribution in [0.2, 0.25) is 0 Å². The highest BCUT2D eigenvalue weighted by Gasteiger charge is 1.91. The maximum absolute atomic E-state index is 9.70. The van der Waals surface area contributed by atoms with E-state index in [0.717, 1.165) is 5.92 Å². The number of carbonyl (C=O) groups is 1. The Balaban J connectivity index is 0. The van der Waals surface area contributed by atoms with Crippen molar-refractivity contribution in [1.82, 2.24) is 0 Å². The van der Waals surface area contributed by atoms with Crippen LogP contribution in [0.4, 0.5) is 0 Å². The zero-order chi connectivity index (χ0) is 9.28. The fourth-order valence-corrected chi connectivity index (χ4v) is 0.253. The molecule has 0 fully saturated rings. The summed E-state index contributed by atoms with van der Waals surface area (Å²) < 4.78 is 0. The molecule has 68 valence electrons. The van der Waals surface area contributed by atoms with Crippen LogP contribution < -0.4 is 5.73 Å². The Kier molecular flexibility index (Phi) is 11.2. The van der Waals surface area contributed by atoms with Gasteiger partial charge in [-0.3, -0.25) is 4.79 Å². The van der Waals surface area contributed by atoms with Crippen LogP contribution in [0.3, 0.4) is 0 Å². The number of carboxylic acids is 1. The number of hydrogen-bond donors (Lipinski definition) is 2. The number of nitrogens with two attached hydrogens (primary N) is 1. The molecule has 3 heteroatoms. The standard InChI is InChI=1S/C4H9NO2.C4H10/c5-3-1-2-4(6)7;1-4(2)3/h1-3,5H2,(H,6,7);4H,1-3H3. The summed E-state index contributed by atoms with van der Waals surface area (Å²) in [5.41, 5.74) is 5.01. The van der Waals surface area contributed by atoms with E-state index < -0.39 is 5.97 Å². The minimum absolute atomic E-state index is 0.191. The third-order valence-corrected chi connectivity index (χ3v) is 0.595. The van der Waals surface area contributed by atoms with Gasteiger partial charge in [-0.15, -0.1) is 0 Å². The van der Waals surface area contributed by atoms with Crippen molar-refractivity contribution in [1.29, 1.82) is 0 Å². The lowest BCUT2D eigenvalue weighted by atomic mass is 10.3. The van der Waals surface area contributed by atoms with Gasteiger partial charge in [0.25, 0.3) is 0 Å². The van der Waals surface area contributed by atoms with Gasteiger partial charge >= 0.3 is 5.97 Å². The summed E-state index contributed by atoms with van der Waals surface area (Å²) in [5, 5.41) is 7.99. The molecule has 0 amide bonds. The van der Waals surface area contributed by atoms with Gasteiger partial charge in [0, 0.05) is 6.42 Å². The van der Waals surface area contributed by atoms with Crippen LogP contribution >= 0.6 is 0 Å². The first-order chi connectivity index (χ1) is 5.00. The smallest absolute Gasteiger partial charge is 0.303 e. The molecule has 0 aromatic rings. The molecule has 0 atom stereocenters. The monoisotopic (exact) mass is 161 g/mol. The van der Waals surface area contributed by atoms with Crippen molar-refractivity contribution >= 4 is 5.97 Å². The van der Waals surface area contributed by atoms with E-state index in [0.29, 0.717) is 13.0 Å². The average molecular weight is 161 g/mol. The maximum Gasteiger partial charge on any atom is 0.303 e. The van der Waals surface area contributed by atoms with Crippen molar-refractivity contribution < 1.29 is 9.90 Å². The Morgan fingerprint density at radius 3 is 1.91 bits per heavy atom. The van der Waals surface area contributed by atoms with Crippen molar-refractivity contribution in [3.05, 3.63) is 0 Å². The average Bonchev–Trinajstić information content (AvgIpc) is 1.82. The van der Waals surface area contributed by atoms with Crippen LogP contribution in [-0.4, -0.2) is 17.6 Å². The molecule has 11 heavy (non-hydrogen) atoms. The van der Waals surface area contributed by atoms with Crippen molar-refractivity contribution in [2.24, 2.45) is 11.7 Å². The molecule has 3 N–H and O–H groups in total. The van der Waals surface area contributed by atoms with Crippen molar-refractivity contribution in [3.8, 4) is 0 Å². The molecule has 0 aromatic heterocycles. The predicted octanol–water partition coefficient (Wildman–Crippen LogP) is 1.47. The van der Waals surface area contributed by atoms with E-state index in [9.17, 15) is 4.79 Å². The zero-order valence-electron chi connectivity index (χ0n) is 7.63. The lowest BCUT2D eigenvalue weighted by molar-refractivity contribution is -0.137. The highest BCUT2D eigenvalue weighted by Crippen LogP contribution is 1.82. The van der Waals surface area contributed by atoms with Gasteiger partial charge in [-0.25, -0.2) is 0 Å². The normalized spacial score (nSPS) is 8.82. The fourth-order valence-electron chi connectivity index (χ4n) is 0.253. The molecule has 0 saturated carbocycles. The Hall–Kier alpha value is -0.570. The first-order valence-corrected chi connectivity index (χ1v) is 3.92. The van der Waals surface area contributed by atoms with Gasteiger partial charge in [-0.2, -0.15) is 0 Å². The largest absolute Gasteiger partial charge is 0.481 e. The Labute approximate surface area is 68.6 Å². The lowest BCUT2D eigenvalue weighted by Crippen LogP contribution is -2.02. The molecule has 0 heterocycles. The van der Waals surface area contributed by atoms with Gasteiger partial charge in [-0.05, 0) is 18.9 Å². The van der Waals surface area contributed by atoms with Crippen LogP contribution in [0.5, 0.6) is 0 Å². The van der Waals surface area contributed by atoms with Gasteiger partial charge in [-0.1, -0.05) is 20.8 Å². The molecule has 0 bridgehead atoms. The van der Waals surface area contributed by atoms with E-state index >= 15 is 0 Å². The van der Waals surface area contributed by atoms with Crippen molar-refractivity contribution in [2.75, 3.05) is 6.54 Å². The molecule has 3 nitrogen and oxygen atoms in total. The highest BCUT2D eigenvalue weighted by molar-refractivity contribution is 5.66. The Bertz CT molecular complexity index is 89.3. The van der Waals surface area contributed by atoms with Gasteiger partial charge in [0.1, 0.15) is 0 Å². The molecule has 0 rings (SSSR count). The molecule has 0 aliphatic carbocycles. The number of carboxylic acid groups (broad SMARTS) is 1. The van der Waals surface area contributed by atoms with Gasteiger partial charge < -0.3 is 10.8 Å². The van der Waals surface area contributed by atoms with Crippen LogP contribution in [0.1, 0.15) is 33.6 Å². The number of hydrogen-bond acceptors (Lipinski definition) is 2. The van der Waals surface area contributed by atoms with Gasteiger partial charge in [0.2, 0.25) is 0 Å².